The highest BCUT2D eigenvalue weighted by Gasteiger charge is 2.36. The number of ether oxygens (including phenoxy) is 1. The minimum atomic E-state index is -0.880. The van der Waals surface area contributed by atoms with E-state index in [9.17, 15) is 5.11 Å². The van der Waals surface area contributed by atoms with E-state index < -0.39 is 11.2 Å². The van der Waals surface area contributed by atoms with Crippen LogP contribution in [0.15, 0.2) is 43.0 Å². The van der Waals surface area contributed by atoms with Crippen LogP contribution in [0.2, 0.25) is 0 Å². The van der Waals surface area contributed by atoms with Crippen LogP contribution in [0.3, 0.4) is 0 Å². The Balaban J connectivity index is 2.58. The molecule has 0 aliphatic rings. The maximum Gasteiger partial charge on any atom is 0.0931 e. The highest BCUT2D eigenvalue weighted by molar-refractivity contribution is 5.93. The highest BCUT2D eigenvalue weighted by atomic mass is 16.5. The molecule has 0 heterocycles. The second-order valence-electron chi connectivity index (χ2n) is 7.64. The van der Waals surface area contributed by atoms with Crippen molar-refractivity contribution in [2.45, 2.75) is 71.7 Å². The second-order valence-corrected chi connectivity index (χ2v) is 7.64. The van der Waals surface area contributed by atoms with Gasteiger partial charge in [-0.15, -0.1) is 0 Å². The van der Waals surface area contributed by atoms with Crippen molar-refractivity contribution in [1.29, 1.82) is 0 Å². The molecule has 136 valence electrons. The van der Waals surface area contributed by atoms with Crippen LogP contribution in [0.4, 0.5) is 0 Å². The zero-order valence-corrected chi connectivity index (χ0v) is 16.5. The number of fused-ring (bicyclic) bond motifs is 1. The first kappa shape index (κ1) is 19.7. The first-order chi connectivity index (χ1) is 11.6. The predicted octanol–water partition coefficient (Wildman–Crippen LogP) is 6.06. The van der Waals surface area contributed by atoms with E-state index in [0.717, 1.165) is 24.0 Å². The summed E-state index contributed by atoms with van der Waals surface area (Å²) in [5.41, 5.74) is 2.11. The van der Waals surface area contributed by atoms with Crippen molar-refractivity contribution < 1.29 is 9.84 Å². The van der Waals surface area contributed by atoms with Crippen molar-refractivity contribution in [3.05, 3.63) is 54.1 Å². The van der Waals surface area contributed by atoms with Gasteiger partial charge in [0.1, 0.15) is 0 Å². The van der Waals surface area contributed by atoms with Crippen LogP contribution >= 0.6 is 0 Å². The lowest BCUT2D eigenvalue weighted by Gasteiger charge is -2.39. The van der Waals surface area contributed by atoms with Gasteiger partial charge in [-0.05, 0) is 68.5 Å². The van der Waals surface area contributed by atoms with Crippen molar-refractivity contribution in [3.8, 4) is 0 Å². The van der Waals surface area contributed by atoms with Crippen molar-refractivity contribution in [3.63, 3.8) is 0 Å². The smallest absolute Gasteiger partial charge is 0.0931 e. The molecular weight excluding hydrogens is 308 g/mol. The first-order valence-electron chi connectivity index (χ1n) is 9.24. The first-order valence-corrected chi connectivity index (χ1v) is 9.24. The molecule has 1 unspecified atom stereocenters. The van der Waals surface area contributed by atoms with Crippen LogP contribution < -0.4 is 0 Å². The quantitative estimate of drug-likeness (QED) is 0.663. The van der Waals surface area contributed by atoms with Crippen LogP contribution in [0, 0.1) is 0 Å². The molecule has 25 heavy (non-hydrogen) atoms. The molecule has 0 radical (unpaired) electrons. The zero-order valence-electron chi connectivity index (χ0n) is 16.5. The molecule has 0 spiro atoms. The van der Waals surface area contributed by atoms with Gasteiger partial charge in [-0.1, -0.05) is 56.3 Å². The van der Waals surface area contributed by atoms with Crippen LogP contribution in [-0.2, 0) is 10.3 Å². The van der Waals surface area contributed by atoms with Crippen LogP contribution in [0.5, 0.6) is 0 Å². The summed E-state index contributed by atoms with van der Waals surface area (Å²) in [6.07, 6.45) is 1.44. The maximum atomic E-state index is 10.3. The predicted molar refractivity (Wildman–Crippen MR) is 108 cm³/mol. The molecule has 0 saturated carbocycles. The third kappa shape index (κ3) is 3.96. The summed E-state index contributed by atoms with van der Waals surface area (Å²) >= 11 is 0. The second kappa shape index (κ2) is 7.31. The normalized spacial score (nSPS) is 13.9. The van der Waals surface area contributed by atoms with Crippen molar-refractivity contribution in [2.24, 2.45) is 0 Å². The van der Waals surface area contributed by atoms with Gasteiger partial charge in [0.15, 0.2) is 0 Å². The number of rotatable bonds is 7. The number of aliphatic hydroxyl groups is 1. The lowest BCUT2D eigenvalue weighted by atomic mass is 9.85. The minimum absolute atomic E-state index is 0.264. The molecule has 1 N–H and O–H groups in total. The topological polar surface area (TPSA) is 29.5 Å². The van der Waals surface area contributed by atoms with E-state index in [1.807, 2.05) is 13.8 Å². The number of hydrogen-bond donors (Lipinski definition) is 1. The van der Waals surface area contributed by atoms with Gasteiger partial charge in [0.05, 0.1) is 17.3 Å². The fourth-order valence-corrected chi connectivity index (χ4v) is 3.30. The Labute approximate surface area is 152 Å². The minimum Gasteiger partial charge on any atom is -0.388 e. The highest BCUT2D eigenvalue weighted by Crippen LogP contribution is 2.38. The molecular formula is C23H32O2. The van der Waals surface area contributed by atoms with Gasteiger partial charge in [-0.3, -0.25) is 0 Å². The summed E-state index contributed by atoms with van der Waals surface area (Å²) in [5.74, 6) is 0. The van der Waals surface area contributed by atoms with E-state index in [2.05, 4.69) is 56.8 Å². The Morgan fingerprint density at radius 1 is 1.16 bits per heavy atom. The number of hydrogen-bond acceptors (Lipinski definition) is 2. The fraction of sp³-hybridized carbons (Fsp3) is 0.478. The largest absolute Gasteiger partial charge is 0.388 e. The number of benzene rings is 2. The summed E-state index contributed by atoms with van der Waals surface area (Å²) < 4.78 is 6.46. The van der Waals surface area contributed by atoms with Crippen molar-refractivity contribution in [2.75, 3.05) is 0 Å². The Morgan fingerprint density at radius 3 is 2.32 bits per heavy atom. The summed E-state index contributed by atoms with van der Waals surface area (Å²) in [6.45, 7) is 16.0. The van der Waals surface area contributed by atoms with Crippen molar-refractivity contribution in [1.82, 2.24) is 0 Å². The van der Waals surface area contributed by atoms with E-state index in [1.54, 1.807) is 13.8 Å². The fourth-order valence-electron chi connectivity index (χ4n) is 3.30. The Hall–Kier alpha value is -1.64. The molecule has 2 heteroatoms. The monoisotopic (exact) mass is 340 g/mol. The molecule has 2 aromatic carbocycles. The number of allylic oxidation sites excluding steroid dienone is 1. The van der Waals surface area contributed by atoms with Gasteiger partial charge in [0.25, 0.3) is 0 Å². The van der Waals surface area contributed by atoms with Gasteiger partial charge in [-0.2, -0.15) is 0 Å². The van der Waals surface area contributed by atoms with Gasteiger partial charge < -0.3 is 9.84 Å². The molecule has 2 rings (SSSR count). The van der Waals surface area contributed by atoms with Gasteiger partial charge >= 0.3 is 0 Å². The summed E-state index contributed by atoms with van der Waals surface area (Å²) in [4.78, 5) is 0. The average Bonchev–Trinajstić information content (AvgIpc) is 2.57. The van der Waals surface area contributed by atoms with E-state index in [4.69, 9.17) is 4.74 Å². The van der Waals surface area contributed by atoms with Crippen LogP contribution in [0.25, 0.3) is 16.3 Å². The van der Waals surface area contributed by atoms with E-state index in [-0.39, 0.29) is 6.10 Å². The summed E-state index contributed by atoms with van der Waals surface area (Å²) in [6, 6.07) is 12.9. The molecule has 0 aliphatic heterocycles. The SMILES string of the molecule is C=C(C)c1cccc2ccc(C(CC)(CC)OC(C)C(C)(C)O)cc12. The molecule has 2 aromatic rings. The Kier molecular flexibility index (Phi) is 5.75. The summed E-state index contributed by atoms with van der Waals surface area (Å²) in [5, 5.41) is 12.8. The molecule has 0 saturated heterocycles. The molecule has 2 nitrogen and oxygen atoms in total. The standard InChI is InChI=1S/C23H32O2/c1-8-23(9-2,25-17(5)22(6,7)24)19-14-13-18-11-10-12-20(16(3)4)21(18)15-19/h10-15,17,24H,3,8-9H2,1-2,4-7H3. The Bertz CT molecular complexity index is 748. The third-order valence-electron chi connectivity index (χ3n) is 5.41. The zero-order chi connectivity index (χ0) is 18.8. The van der Waals surface area contributed by atoms with Gasteiger partial charge in [0, 0.05) is 0 Å². The average molecular weight is 341 g/mol. The molecule has 0 fully saturated rings. The molecule has 1 atom stereocenters. The molecule has 0 amide bonds. The Morgan fingerprint density at radius 2 is 1.80 bits per heavy atom. The van der Waals surface area contributed by atoms with E-state index >= 15 is 0 Å². The van der Waals surface area contributed by atoms with Gasteiger partial charge in [-0.25, -0.2) is 0 Å². The van der Waals surface area contributed by atoms with Crippen LogP contribution in [0.1, 0.15) is 65.5 Å². The third-order valence-corrected chi connectivity index (χ3v) is 5.41. The summed E-state index contributed by atoms with van der Waals surface area (Å²) in [7, 11) is 0. The lowest BCUT2D eigenvalue weighted by molar-refractivity contribution is -0.164. The molecule has 0 aliphatic carbocycles. The molecule has 0 aromatic heterocycles. The van der Waals surface area contributed by atoms with Crippen LogP contribution in [-0.4, -0.2) is 16.8 Å². The lowest BCUT2D eigenvalue weighted by Crippen LogP contribution is -2.42. The molecule has 0 bridgehead atoms. The van der Waals surface area contributed by atoms with Crippen molar-refractivity contribution >= 4 is 16.3 Å². The van der Waals surface area contributed by atoms with E-state index in [1.165, 1.54) is 16.3 Å². The van der Waals surface area contributed by atoms with E-state index in [0.29, 0.717) is 0 Å². The maximum absolute atomic E-state index is 10.3. The van der Waals surface area contributed by atoms with Gasteiger partial charge in [0.2, 0.25) is 0 Å².